The zero-order valence-corrected chi connectivity index (χ0v) is 11.0. The van der Waals surface area contributed by atoms with Crippen molar-refractivity contribution < 1.29 is 14.6 Å². The molecule has 1 aromatic carbocycles. The fourth-order valence-electron chi connectivity index (χ4n) is 2.69. The van der Waals surface area contributed by atoms with Crippen LogP contribution in [-0.2, 0) is 16.1 Å². The molecule has 1 fully saturated rings. The van der Waals surface area contributed by atoms with Crippen LogP contribution in [0.4, 0.5) is 0 Å². The highest BCUT2D eigenvalue weighted by Crippen LogP contribution is 2.24. The van der Waals surface area contributed by atoms with E-state index in [0.29, 0.717) is 43.5 Å². The van der Waals surface area contributed by atoms with Gasteiger partial charge in [0.05, 0.1) is 23.2 Å². The number of aromatic nitrogens is 2. The highest BCUT2D eigenvalue weighted by molar-refractivity contribution is 5.82. The third kappa shape index (κ3) is 2.07. The van der Waals surface area contributed by atoms with Gasteiger partial charge in [-0.25, -0.2) is 9.36 Å². The lowest BCUT2D eigenvalue weighted by atomic mass is 9.94. The van der Waals surface area contributed by atoms with Gasteiger partial charge in [-0.2, -0.15) is 0 Å². The Morgan fingerprint density at radius 1 is 1.25 bits per heavy atom. The number of nitrogens with zero attached hydrogens (tertiary/aromatic N) is 2. The molecular formula is C14H16N2O4. The number of hydrogen-bond acceptors (Lipinski definition) is 4. The molecule has 1 aliphatic heterocycles. The molecule has 0 atom stereocenters. The second-order valence-corrected chi connectivity index (χ2v) is 5.17. The monoisotopic (exact) mass is 276 g/mol. The van der Waals surface area contributed by atoms with E-state index >= 15 is 0 Å². The van der Waals surface area contributed by atoms with Gasteiger partial charge in [0.1, 0.15) is 0 Å². The summed E-state index contributed by atoms with van der Waals surface area (Å²) in [5.74, 6) is 0. The van der Waals surface area contributed by atoms with E-state index in [0.717, 1.165) is 4.57 Å². The van der Waals surface area contributed by atoms with Gasteiger partial charge in [0, 0.05) is 26.1 Å². The normalized spacial score (nSPS) is 18.2. The van der Waals surface area contributed by atoms with Gasteiger partial charge in [-0.05, 0) is 12.1 Å². The predicted octanol–water partition coefficient (Wildman–Crippen LogP) is 0.383. The van der Waals surface area contributed by atoms with Crippen molar-refractivity contribution in [1.82, 2.24) is 9.13 Å². The summed E-state index contributed by atoms with van der Waals surface area (Å²) in [5.41, 5.74) is -0.159. The Bertz CT molecular complexity index is 695. The van der Waals surface area contributed by atoms with E-state index in [-0.39, 0.29) is 6.54 Å². The number of aliphatic hydroxyl groups is 1. The lowest BCUT2D eigenvalue weighted by Gasteiger charge is -2.32. The Hall–Kier alpha value is -1.92. The van der Waals surface area contributed by atoms with Crippen molar-refractivity contribution in [3.8, 4) is 0 Å². The summed E-state index contributed by atoms with van der Waals surface area (Å²) in [4.78, 5) is 23.4. The summed E-state index contributed by atoms with van der Waals surface area (Å²) in [5, 5.41) is 10.6. The molecule has 1 aromatic heterocycles. The van der Waals surface area contributed by atoms with Crippen molar-refractivity contribution in [2.75, 3.05) is 13.2 Å². The van der Waals surface area contributed by atoms with Crippen LogP contribution >= 0.6 is 0 Å². The van der Waals surface area contributed by atoms with Crippen LogP contribution < -0.4 is 5.69 Å². The topological polar surface area (TPSA) is 73.5 Å². The van der Waals surface area contributed by atoms with Gasteiger partial charge in [-0.15, -0.1) is 0 Å². The molecular weight excluding hydrogens is 260 g/mol. The van der Waals surface area contributed by atoms with Crippen LogP contribution in [0.25, 0.3) is 11.0 Å². The van der Waals surface area contributed by atoms with Gasteiger partial charge in [0.2, 0.25) is 6.41 Å². The van der Waals surface area contributed by atoms with Crippen molar-refractivity contribution in [3.05, 3.63) is 34.7 Å². The molecule has 0 saturated carbocycles. The minimum atomic E-state index is -0.958. The highest BCUT2D eigenvalue weighted by Gasteiger charge is 2.31. The molecule has 0 amide bonds. The number of hydrogen-bond donors (Lipinski definition) is 1. The van der Waals surface area contributed by atoms with Gasteiger partial charge >= 0.3 is 5.69 Å². The summed E-state index contributed by atoms with van der Waals surface area (Å²) in [6, 6.07) is 7.08. The van der Waals surface area contributed by atoms with Crippen molar-refractivity contribution in [2.45, 2.75) is 25.0 Å². The van der Waals surface area contributed by atoms with Crippen molar-refractivity contribution in [3.63, 3.8) is 0 Å². The molecule has 6 nitrogen and oxygen atoms in total. The predicted molar refractivity (Wildman–Crippen MR) is 73.3 cm³/mol. The number of ether oxygens (including phenoxy) is 1. The SMILES string of the molecule is O=Cn1c(=O)n(CC2(O)CCOCC2)c2ccccc21. The molecule has 106 valence electrons. The Labute approximate surface area is 115 Å². The zero-order chi connectivity index (χ0) is 14.2. The van der Waals surface area contributed by atoms with Gasteiger partial charge in [-0.3, -0.25) is 9.36 Å². The molecule has 0 radical (unpaired) electrons. The molecule has 2 heterocycles. The van der Waals surface area contributed by atoms with Crippen LogP contribution in [0.5, 0.6) is 0 Å². The largest absolute Gasteiger partial charge is 0.388 e. The zero-order valence-electron chi connectivity index (χ0n) is 11.0. The first-order chi connectivity index (χ1) is 9.64. The Balaban J connectivity index is 2.09. The van der Waals surface area contributed by atoms with Crippen LogP contribution in [0.15, 0.2) is 29.1 Å². The maximum absolute atomic E-state index is 12.3. The third-order valence-electron chi connectivity index (χ3n) is 3.85. The molecule has 2 aromatic rings. The number of carbonyl (C=O) groups is 1. The van der Waals surface area contributed by atoms with Crippen LogP contribution in [0.1, 0.15) is 12.8 Å². The third-order valence-corrected chi connectivity index (χ3v) is 3.85. The minimum Gasteiger partial charge on any atom is -0.388 e. The first-order valence-corrected chi connectivity index (χ1v) is 6.60. The number of carbonyl (C=O) groups excluding carboxylic acids is 1. The molecule has 1 saturated heterocycles. The van der Waals surface area contributed by atoms with Crippen molar-refractivity contribution >= 4 is 17.4 Å². The average molecular weight is 276 g/mol. The summed E-state index contributed by atoms with van der Waals surface area (Å²) in [6.45, 7) is 1.14. The van der Waals surface area contributed by atoms with E-state index in [1.165, 1.54) is 4.57 Å². The number of rotatable bonds is 3. The number of imidazole rings is 1. The molecule has 20 heavy (non-hydrogen) atoms. The molecule has 1 N–H and O–H groups in total. The molecule has 0 bridgehead atoms. The van der Waals surface area contributed by atoms with Gasteiger partial charge < -0.3 is 9.84 Å². The van der Waals surface area contributed by atoms with E-state index in [4.69, 9.17) is 4.74 Å². The van der Waals surface area contributed by atoms with Gasteiger partial charge in [-0.1, -0.05) is 12.1 Å². The molecule has 0 aliphatic carbocycles. The minimum absolute atomic E-state index is 0.177. The van der Waals surface area contributed by atoms with Crippen molar-refractivity contribution in [1.29, 1.82) is 0 Å². The summed E-state index contributed by atoms with van der Waals surface area (Å²) < 4.78 is 7.77. The summed E-state index contributed by atoms with van der Waals surface area (Å²) in [7, 11) is 0. The van der Waals surface area contributed by atoms with E-state index < -0.39 is 11.3 Å². The molecule has 0 spiro atoms. The first kappa shape index (κ1) is 13.1. The smallest absolute Gasteiger partial charge is 0.335 e. The number of benzene rings is 1. The Morgan fingerprint density at radius 2 is 1.90 bits per heavy atom. The molecule has 6 heteroatoms. The summed E-state index contributed by atoms with van der Waals surface area (Å²) in [6.07, 6.45) is 1.48. The van der Waals surface area contributed by atoms with E-state index in [1.807, 2.05) is 0 Å². The van der Waals surface area contributed by atoms with Crippen LogP contribution in [-0.4, -0.2) is 39.5 Å². The molecule has 1 aliphatic rings. The lowest BCUT2D eigenvalue weighted by molar-refractivity contribution is -0.0726. The van der Waals surface area contributed by atoms with Gasteiger partial charge in [0.25, 0.3) is 0 Å². The molecule has 3 rings (SSSR count). The highest BCUT2D eigenvalue weighted by atomic mass is 16.5. The van der Waals surface area contributed by atoms with Gasteiger partial charge in [0.15, 0.2) is 0 Å². The number of para-hydroxylation sites is 2. The summed E-state index contributed by atoms with van der Waals surface area (Å²) >= 11 is 0. The average Bonchev–Trinajstić information content (AvgIpc) is 2.72. The van der Waals surface area contributed by atoms with E-state index in [1.54, 1.807) is 24.3 Å². The van der Waals surface area contributed by atoms with Crippen LogP contribution in [0, 0.1) is 0 Å². The Morgan fingerprint density at radius 3 is 2.55 bits per heavy atom. The fourth-order valence-corrected chi connectivity index (χ4v) is 2.69. The standard InChI is InChI=1S/C14H16N2O4/c17-10-16-12-4-2-1-3-11(12)15(13(16)18)9-14(19)5-7-20-8-6-14/h1-4,10,19H,5-9H2. The second-order valence-electron chi connectivity index (χ2n) is 5.17. The second kappa shape index (κ2) is 4.88. The Kier molecular flexibility index (Phi) is 3.19. The quantitative estimate of drug-likeness (QED) is 0.823. The van der Waals surface area contributed by atoms with E-state index in [2.05, 4.69) is 0 Å². The number of fused-ring (bicyclic) bond motifs is 1. The maximum Gasteiger partial charge on any atom is 0.335 e. The van der Waals surface area contributed by atoms with Crippen LogP contribution in [0.2, 0.25) is 0 Å². The first-order valence-electron chi connectivity index (χ1n) is 6.60. The van der Waals surface area contributed by atoms with Crippen LogP contribution in [0.3, 0.4) is 0 Å². The van der Waals surface area contributed by atoms with Crippen molar-refractivity contribution in [2.24, 2.45) is 0 Å². The fraction of sp³-hybridized carbons (Fsp3) is 0.429. The maximum atomic E-state index is 12.3. The molecule has 0 unspecified atom stereocenters. The lowest BCUT2D eigenvalue weighted by Crippen LogP contribution is -2.42. The van der Waals surface area contributed by atoms with E-state index in [9.17, 15) is 14.7 Å².